The highest BCUT2D eigenvalue weighted by Crippen LogP contribution is 2.39. The third-order valence-electron chi connectivity index (χ3n) is 6.02. The van der Waals surface area contributed by atoms with E-state index in [1.165, 1.54) is 18.3 Å². The maximum Gasteiger partial charge on any atom is 0.256 e. The molecule has 0 aliphatic carbocycles. The normalized spacial score (nSPS) is 18.4. The average molecular weight is 499 g/mol. The van der Waals surface area contributed by atoms with Crippen LogP contribution in [0.2, 0.25) is 10.0 Å². The molecule has 9 heteroatoms. The Hall–Kier alpha value is -3.34. The lowest BCUT2D eigenvalue weighted by Crippen LogP contribution is -2.32. The Balaban J connectivity index is 1.63. The molecule has 3 aromatic rings. The second-order valence-electron chi connectivity index (χ2n) is 8.21. The van der Waals surface area contributed by atoms with E-state index in [9.17, 15) is 9.18 Å². The summed E-state index contributed by atoms with van der Waals surface area (Å²) in [7, 11) is 0. The highest BCUT2D eigenvalue weighted by Gasteiger charge is 2.41. The molecule has 6 nitrogen and oxygen atoms in total. The molecule has 34 heavy (non-hydrogen) atoms. The molecule has 2 N–H and O–H groups in total. The minimum Gasteiger partial charge on any atom is -0.474 e. The summed E-state index contributed by atoms with van der Waals surface area (Å²) in [6, 6.07) is 14.5. The Bertz CT molecular complexity index is 1260. The van der Waals surface area contributed by atoms with Crippen molar-refractivity contribution in [3.63, 3.8) is 0 Å². The van der Waals surface area contributed by atoms with Gasteiger partial charge >= 0.3 is 0 Å². The maximum absolute atomic E-state index is 14.6. The van der Waals surface area contributed by atoms with E-state index in [1.54, 1.807) is 29.2 Å². The number of benzene rings is 2. The fourth-order valence-corrected chi connectivity index (χ4v) is 4.54. The zero-order chi connectivity index (χ0) is 24.4. The van der Waals surface area contributed by atoms with E-state index in [0.717, 1.165) is 11.6 Å². The molecule has 0 saturated carbocycles. The van der Waals surface area contributed by atoms with Crippen LogP contribution < -0.4 is 10.5 Å². The van der Waals surface area contributed by atoms with E-state index in [0.29, 0.717) is 34.7 Å². The number of nitriles is 1. The number of nitrogens with two attached hydrogens (primary N) is 1. The average Bonchev–Trinajstić information content (AvgIpc) is 3.27. The Labute approximate surface area is 206 Å². The molecule has 1 aliphatic heterocycles. The molecule has 1 aliphatic rings. The van der Waals surface area contributed by atoms with Crippen molar-refractivity contribution >= 4 is 34.8 Å². The molecule has 1 fully saturated rings. The number of carbonyl (C=O) groups is 1. The van der Waals surface area contributed by atoms with Crippen molar-refractivity contribution < 1.29 is 13.9 Å². The van der Waals surface area contributed by atoms with Crippen LogP contribution in [0.3, 0.4) is 0 Å². The molecule has 4 rings (SSSR count). The number of pyridine rings is 1. The Morgan fingerprint density at radius 3 is 2.65 bits per heavy atom. The molecule has 0 spiro atoms. The van der Waals surface area contributed by atoms with Crippen molar-refractivity contribution in [1.82, 2.24) is 9.88 Å². The van der Waals surface area contributed by atoms with Gasteiger partial charge in [-0.15, -0.1) is 0 Å². The molecule has 3 atom stereocenters. The number of hydrogen-bond acceptors (Lipinski definition) is 5. The fraction of sp³-hybridized carbons (Fsp3) is 0.240. The van der Waals surface area contributed by atoms with E-state index in [-0.39, 0.29) is 29.1 Å². The van der Waals surface area contributed by atoms with E-state index in [1.807, 2.05) is 19.1 Å². The molecule has 1 saturated heterocycles. The molecule has 1 aromatic heterocycles. The van der Waals surface area contributed by atoms with Gasteiger partial charge in [-0.3, -0.25) is 4.79 Å². The van der Waals surface area contributed by atoms with Gasteiger partial charge in [0.2, 0.25) is 5.88 Å². The second kappa shape index (κ2) is 9.88. The number of carbonyl (C=O) groups excluding carboxylic acids is 1. The largest absolute Gasteiger partial charge is 0.474 e. The van der Waals surface area contributed by atoms with Crippen molar-refractivity contribution in [2.45, 2.75) is 18.9 Å². The Morgan fingerprint density at radius 2 is 2.00 bits per heavy atom. The first-order valence-electron chi connectivity index (χ1n) is 10.6. The number of nitrogen functional groups attached to an aromatic ring is 1. The molecule has 0 radical (unpaired) electrons. The lowest BCUT2D eigenvalue weighted by atomic mass is 9.86. The molecule has 0 bridgehead atoms. The van der Waals surface area contributed by atoms with Gasteiger partial charge in [-0.2, -0.15) is 5.26 Å². The molecule has 0 unspecified atom stereocenters. The molecule has 1 amide bonds. The van der Waals surface area contributed by atoms with Gasteiger partial charge in [0.15, 0.2) is 0 Å². The van der Waals surface area contributed by atoms with Gasteiger partial charge in [0, 0.05) is 31.0 Å². The molecular formula is C25H21Cl2FN4O2. The zero-order valence-corrected chi connectivity index (χ0v) is 19.7. The van der Waals surface area contributed by atoms with Crippen molar-refractivity contribution in [2.75, 3.05) is 18.8 Å². The summed E-state index contributed by atoms with van der Waals surface area (Å²) < 4.78 is 20.6. The van der Waals surface area contributed by atoms with Crippen molar-refractivity contribution in [3.8, 4) is 11.9 Å². The van der Waals surface area contributed by atoms with E-state index in [4.69, 9.17) is 38.9 Å². The predicted octanol–water partition coefficient (Wildman–Crippen LogP) is 5.30. The van der Waals surface area contributed by atoms with Gasteiger partial charge in [-0.1, -0.05) is 29.3 Å². The number of ether oxygens (including phenoxy) is 1. The lowest BCUT2D eigenvalue weighted by molar-refractivity contribution is 0.0765. The lowest BCUT2D eigenvalue weighted by Gasteiger charge is -2.25. The number of hydrogen-bond donors (Lipinski definition) is 1. The summed E-state index contributed by atoms with van der Waals surface area (Å²) in [4.78, 5) is 19.0. The van der Waals surface area contributed by atoms with Crippen LogP contribution in [0.5, 0.6) is 5.88 Å². The zero-order valence-electron chi connectivity index (χ0n) is 18.2. The van der Waals surface area contributed by atoms with Crippen LogP contribution in [0.1, 0.15) is 34.3 Å². The smallest absolute Gasteiger partial charge is 0.256 e. The minimum absolute atomic E-state index is 0.0821. The van der Waals surface area contributed by atoms with E-state index >= 15 is 0 Å². The van der Waals surface area contributed by atoms with Crippen molar-refractivity contribution in [2.24, 2.45) is 5.92 Å². The molecular weight excluding hydrogens is 478 g/mol. The SMILES string of the molecule is C[C@H](Oc1ccc(N)cn1)[C@H]1CN(C(=O)c2ccc(C#N)cc2F)C[C@@H]1c1ccc(Cl)c(Cl)c1. The standard InChI is InChI=1S/C25H21Cl2FN4O2/c1-14(34-24-7-4-17(30)11-31-24)19-12-32(13-20(19)16-3-6-21(26)22(27)9-16)25(33)18-5-2-15(10-29)8-23(18)28/h2-9,11,14,19-20H,12-13,30H2,1H3/t14-,19+,20+/m0/s1. The highest BCUT2D eigenvalue weighted by atomic mass is 35.5. The van der Waals surface area contributed by atoms with Gasteiger partial charge < -0.3 is 15.4 Å². The number of halogens is 3. The maximum atomic E-state index is 14.6. The topological polar surface area (TPSA) is 92.2 Å². The number of anilines is 1. The van der Waals surface area contributed by atoms with Crippen LogP contribution >= 0.6 is 23.2 Å². The second-order valence-corrected chi connectivity index (χ2v) is 9.03. The van der Waals surface area contributed by atoms with Crippen LogP contribution in [-0.4, -0.2) is 35.0 Å². The van der Waals surface area contributed by atoms with Crippen LogP contribution in [-0.2, 0) is 0 Å². The minimum atomic E-state index is -0.728. The third-order valence-corrected chi connectivity index (χ3v) is 6.76. The van der Waals surface area contributed by atoms with Gasteiger partial charge in [-0.25, -0.2) is 9.37 Å². The molecule has 174 valence electrons. The van der Waals surface area contributed by atoms with Crippen LogP contribution in [0.25, 0.3) is 0 Å². The summed E-state index contributed by atoms with van der Waals surface area (Å²) in [5, 5.41) is 9.82. The first kappa shape index (κ1) is 23.8. The van der Waals surface area contributed by atoms with E-state index < -0.39 is 11.7 Å². The summed E-state index contributed by atoms with van der Waals surface area (Å²) in [6.07, 6.45) is 1.18. The summed E-state index contributed by atoms with van der Waals surface area (Å²) in [6.45, 7) is 2.58. The number of likely N-dealkylation sites (tertiary alicyclic amines) is 1. The first-order valence-corrected chi connectivity index (χ1v) is 11.3. The number of amides is 1. The van der Waals surface area contributed by atoms with Gasteiger partial charge in [-0.05, 0) is 48.9 Å². The first-order chi connectivity index (χ1) is 16.3. The number of aromatic nitrogens is 1. The summed E-state index contributed by atoms with van der Waals surface area (Å²) in [5.74, 6) is -1.04. The molecule has 2 aromatic carbocycles. The summed E-state index contributed by atoms with van der Waals surface area (Å²) in [5.41, 5.74) is 7.20. The van der Waals surface area contributed by atoms with Crippen LogP contribution in [0.4, 0.5) is 10.1 Å². The predicted molar refractivity (Wildman–Crippen MR) is 128 cm³/mol. The Morgan fingerprint density at radius 1 is 1.21 bits per heavy atom. The summed E-state index contributed by atoms with van der Waals surface area (Å²) >= 11 is 12.4. The fourth-order valence-electron chi connectivity index (χ4n) is 4.23. The van der Waals surface area contributed by atoms with Crippen LogP contribution in [0, 0.1) is 23.1 Å². The highest BCUT2D eigenvalue weighted by molar-refractivity contribution is 6.42. The van der Waals surface area contributed by atoms with Crippen molar-refractivity contribution in [3.05, 3.63) is 87.3 Å². The monoisotopic (exact) mass is 498 g/mol. The number of nitrogens with zero attached hydrogens (tertiary/aromatic N) is 3. The van der Waals surface area contributed by atoms with E-state index in [2.05, 4.69) is 4.98 Å². The van der Waals surface area contributed by atoms with Crippen LogP contribution in [0.15, 0.2) is 54.7 Å². The van der Waals surface area contributed by atoms with Gasteiger partial charge in [0.1, 0.15) is 11.9 Å². The van der Waals surface area contributed by atoms with Crippen molar-refractivity contribution in [1.29, 1.82) is 5.26 Å². The number of rotatable bonds is 5. The quantitative estimate of drug-likeness (QED) is 0.514. The Kier molecular flexibility index (Phi) is 6.92. The van der Waals surface area contributed by atoms with Gasteiger partial charge in [0.25, 0.3) is 5.91 Å². The third kappa shape index (κ3) is 4.93. The molecule has 2 heterocycles. The van der Waals surface area contributed by atoms with Gasteiger partial charge in [0.05, 0.1) is 39.1 Å².